The standard InChI is InChI=1S/C14H21N5O/c1-9-6-15-19(7-9)8-13(20)16-10(2)14-11(3)17-18(5)12(14)4/h6-7,10H,8H2,1-5H3,(H,16,20). The van der Waals surface area contributed by atoms with Crippen LogP contribution in [0.15, 0.2) is 12.4 Å². The Labute approximate surface area is 118 Å². The van der Waals surface area contributed by atoms with Crippen molar-refractivity contribution in [1.29, 1.82) is 0 Å². The van der Waals surface area contributed by atoms with Gasteiger partial charge in [-0.3, -0.25) is 14.2 Å². The molecule has 6 heteroatoms. The van der Waals surface area contributed by atoms with Crippen LogP contribution in [0.25, 0.3) is 0 Å². The van der Waals surface area contributed by atoms with Crippen molar-refractivity contribution in [3.05, 3.63) is 34.9 Å². The van der Waals surface area contributed by atoms with Gasteiger partial charge in [0.15, 0.2) is 0 Å². The van der Waals surface area contributed by atoms with E-state index < -0.39 is 0 Å². The Bertz CT molecular complexity index is 626. The van der Waals surface area contributed by atoms with Gasteiger partial charge < -0.3 is 5.32 Å². The maximum Gasteiger partial charge on any atom is 0.242 e. The topological polar surface area (TPSA) is 64.7 Å². The van der Waals surface area contributed by atoms with Gasteiger partial charge in [0.25, 0.3) is 0 Å². The molecule has 0 aliphatic rings. The van der Waals surface area contributed by atoms with Gasteiger partial charge in [-0.15, -0.1) is 0 Å². The van der Waals surface area contributed by atoms with Gasteiger partial charge >= 0.3 is 0 Å². The van der Waals surface area contributed by atoms with Crippen molar-refractivity contribution in [2.45, 2.75) is 40.3 Å². The minimum atomic E-state index is -0.0622. The van der Waals surface area contributed by atoms with E-state index in [0.29, 0.717) is 0 Å². The average Bonchev–Trinajstić information content (AvgIpc) is 2.84. The second-order valence-electron chi connectivity index (χ2n) is 5.21. The van der Waals surface area contributed by atoms with E-state index in [1.807, 2.05) is 45.6 Å². The molecule has 2 rings (SSSR count). The molecule has 0 spiro atoms. The van der Waals surface area contributed by atoms with E-state index >= 15 is 0 Å². The Kier molecular flexibility index (Phi) is 3.92. The lowest BCUT2D eigenvalue weighted by Gasteiger charge is -2.14. The summed E-state index contributed by atoms with van der Waals surface area (Å²) < 4.78 is 3.48. The maximum atomic E-state index is 12.0. The third-order valence-electron chi connectivity index (χ3n) is 3.44. The molecule has 0 bridgehead atoms. The fourth-order valence-electron chi connectivity index (χ4n) is 2.48. The molecule has 2 aromatic rings. The molecule has 1 atom stereocenters. The summed E-state index contributed by atoms with van der Waals surface area (Å²) in [6.45, 7) is 8.13. The Morgan fingerprint density at radius 2 is 2.10 bits per heavy atom. The predicted octanol–water partition coefficient (Wildman–Crippen LogP) is 1.42. The van der Waals surface area contributed by atoms with Crippen LogP contribution in [0.3, 0.4) is 0 Å². The fraction of sp³-hybridized carbons (Fsp3) is 0.500. The van der Waals surface area contributed by atoms with Crippen molar-refractivity contribution in [2.24, 2.45) is 7.05 Å². The molecular formula is C14H21N5O. The average molecular weight is 275 g/mol. The van der Waals surface area contributed by atoms with Gasteiger partial charge in [-0.2, -0.15) is 10.2 Å². The van der Waals surface area contributed by atoms with Crippen LogP contribution in [0.5, 0.6) is 0 Å². The summed E-state index contributed by atoms with van der Waals surface area (Å²) in [6.07, 6.45) is 3.59. The van der Waals surface area contributed by atoms with Gasteiger partial charge in [-0.1, -0.05) is 0 Å². The second kappa shape index (κ2) is 5.48. The molecule has 2 aromatic heterocycles. The van der Waals surface area contributed by atoms with Crippen LogP contribution in [-0.4, -0.2) is 25.5 Å². The zero-order valence-corrected chi connectivity index (χ0v) is 12.6. The molecule has 0 aliphatic carbocycles. The summed E-state index contributed by atoms with van der Waals surface area (Å²) in [5, 5.41) is 11.5. The fourth-order valence-corrected chi connectivity index (χ4v) is 2.48. The molecule has 0 aliphatic heterocycles. The molecule has 0 saturated carbocycles. The molecular weight excluding hydrogens is 254 g/mol. The summed E-state index contributed by atoms with van der Waals surface area (Å²) in [6, 6.07) is -0.0622. The van der Waals surface area contributed by atoms with E-state index in [0.717, 1.165) is 22.5 Å². The first-order valence-electron chi connectivity index (χ1n) is 6.67. The lowest BCUT2D eigenvalue weighted by Crippen LogP contribution is -2.30. The minimum Gasteiger partial charge on any atom is -0.348 e. The first kappa shape index (κ1) is 14.3. The Morgan fingerprint density at radius 3 is 2.60 bits per heavy atom. The number of hydrogen-bond donors (Lipinski definition) is 1. The smallest absolute Gasteiger partial charge is 0.242 e. The number of rotatable bonds is 4. The van der Waals surface area contributed by atoms with Crippen molar-refractivity contribution < 1.29 is 4.79 Å². The Morgan fingerprint density at radius 1 is 1.40 bits per heavy atom. The highest BCUT2D eigenvalue weighted by molar-refractivity contribution is 5.76. The zero-order chi connectivity index (χ0) is 14.9. The van der Waals surface area contributed by atoms with E-state index in [-0.39, 0.29) is 18.5 Å². The van der Waals surface area contributed by atoms with Gasteiger partial charge in [-0.25, -0.2) is 0 Å². The highest BCUT2D eigenvalue weighted by atomic mass is 16.2. The molecule has 1 amide bonds. The molecule has 20 heavy (non-hydrogen) atoms. The Balaban J connectivity index is 2.04. The van der Waals surface area contributed by atoms with E-state index in [2.05, 4.69) is 15.5 Å². The van der Waals surface area contributed by atoms with Crippen molar-refractivity contribution >= 4 is 5.91 Å². The summed E-state index contributed by atoms with van der Waals surface area (Å²) in [7, 11) is 1.91. The molecule has 1 N–H and O–H groups in total. The maximum absolute atomic E-state index is 12.0. The molecule has 2 heterocycles. The third kappa shape index (κ3) is 2.89. The van der Waals surface area contributed by atoms with Crippen molar-refractivity contribution in [3.63, 3.8) is 0 Å². The van der Waals surface area contributed by atoms with Crippen LogP contribution in [-0.2, 0) is 18.4 Å². The normalized spacial score (nSPS) is 12.4. The number of hydrogen-bond acceptors (Lipinski definition) is 3. The quantitative estimate of drug-likeness (QED) is 0.917. The Hall–Kier alpha value is -2.11. The highest BCUT2D eigenvalue weighted by Crippen LogP contribution is 2.20. The van der Waals surface area contributed by atoms with Gasteiger partial charge in [0.1, 0.15) is 6.54 Å². The van der Waals surface area contributed by atoms with Gasteiger partial charge in [0.05, 0.1) is 17.9 Å². The number of carbonyl (C=O) groups excluding carboxylic acids is 1. The number of carbonyl (C=O) groups is 1. The van der Waals surface area contributed by atoms with Crippen molar-refractivity contribution in [3.8, 4) is 0 Å². The molecule has 1 unspecified atom stereocenters. The number of aromatic nitrogens is 4. The van der Waals surface area contributed by atoms with E-state index in [1.165, 1.54) is 0 Å². The third-order valence-corrected chi connectivity index (χ3v) is 3.44. The van der Waals surface area contributed by atoms with E-state index in [9.17, 15) is 4.79 Å². The number of aryl methyl sites for hydroxylation is 3. The monoisotopic (exact) mass is 275 g/mol. The largest absolute Gasteiger partial charge is 0.348 e. The van der Waals surface area contributed by atoms with Crippen LogP contribution in [0, 0.1) is 20.8 Å². The number of nitrogens with zero attached hydrogens (tertiary/aromatic N) is 4. The number of amides is 1. The predicted molar refractivity (Wildman–Crippen MR) is 76.2 cm³/mol. The molecule has 0 fully saturated rings. The van der Waals surface area contributed by atoms with Crippen molar-refractivity contribution in [1.82, 2.24) is 24.9 Å². The molecule has 0 radical (unpaired) electrons. The van der Waals surface area contributed by atoms with Gasteiger partial charge in [-0.05, 0) is 33.3 Å². The summed E-state index contributed by atoms with van der Waals surface area (Å²) in [5.41, 5.74) is 4.15. The zero-order valence-electron chi connectivity index (χ0n) is 12.6. The second-order valence-corrected chi connectivity index (χ2v) is 5.21. The van der Waals surface area contributed by atoms with Crippen LogP contribution in [0.1, 0.15) is 35.5 Å². The van der Waals surface area contributed by atoms with Crippen molar-refractivity contribution in [2.75, 3.05) is 0 Å². The molecule has 108 valence electrons. The van der Waals surface area contributed by atoms with Gasteiger partial charge in [0, 0.05) is 24.5 Å². The SMILES string of the molecule is Cc1cnn(CC(=O)NC(C)c2c(C)nn(C)c2C)c1. The number of nitrogens with one attached hydrogen (secondary N) is 1. The van der Waals surface area contributed by atoms with Crippen LogP contribution < -0.4 is 5.32 Å². The van der Waals surface area contributed by atoms with Crippen LogP contribution >= 0.6 is 0 Å². The first-order valence-corrected chi connectivity index (χ1v) is 6.67. The first-order chi connectivity index (χ1) is 9.38. The molecule has 0 aromatic carbocycles. The minimum absolute atomic E-state index is 0.0525. The molecule has 6 nitrogen and oxygen atoms in total. The van der Waals surface area contributed by atoms with E-state index in [1.54, 1.807) is 10.9 Å². The summed E-state index contributed by atoms with van der Waals surface area (Å²) in [4.78, 5) is 12.0. The van der Waals surface area contributed by atoms with Gasteiger partial charge in [0.2, 0.25) is 5.91 Å². The highest BCUT2D eigenvalue weighted by Gasteiger charge is 2.18. The summed E-state index contributed by atoms with van der Waals surface area (Å²) in [5.74, 6) is -0.0525. The lowest BCUT2D eigenvalue weighted by molar-refractivity contribution is -0.122. The van der Waals surface area contributed by atoms with E-state index in [4.69, 9.17) is 0 Å². The van der Waals surface area contributed by atoms with Crippen LogP contribution in [0.2, 0.25) is 0 Å². The van der Waals surface area contributed by atoms with Crippen LogP contribution in [0.4, 0.5) is 0 Å². The molecule has 0 saturated heterocycles. The summed E-state index contributed by atoms with van der Waals surface area (Å²) >= 11 is 0. The lowest BCUT2D eigenvalue weighted by atomic mass is 10.1.